The number of pyridine rings is 2. The Morgan fingerprint density at radius 3 is 1.61 bits per heavy atom. The van der Waals surface area contributed by atoms with Gasteiger partial charge in [-0.25, -0.2) is 8.78 Å². The van der Waals surface area contributed by atoms with Gasteiger partial charge in [-0.15, -0.1) is 0 Å². The first-order valence-corrected chi connectivity index (χ1v) is 13.7. The number of rotatable bonds is 4. The van der Waals surface area contributed by atoms with E-state index in [1.54, 1.807) is 42.5 Å². The predicted molar refractivity (Wildman–Crippen MR) is 163 cm³/mol. The Morgan fingerprint density at radius 2 is 1.12 bits per heavy atom. The summed E-state index contributed by atoms with van der Waals surface area (Å²) in [6, 6.07) is 18.1. The SMILES string of the molecule is CC(C)(C)C(=O)Nc1ccc(Br)cc1-c1ncccc1F.CC(C)(C)C(=O)Nc1ccccc1-c1ncccc1F. The zero-order valence-electron chi connectivity index (χ0n) is 23.9. The van der Waals surface area contributed by atoms with Crippen LogP contribution in [0, 0.1) is 22.5 Å². The molecule has 6 nitrogen and oxygen atoms in total. The molecular weight excluding hydrogens is 590 g/mol. The van der Waals surface area contributed by atoms with Crippen LogP contribution in [0.1, 0.15) is 41.5 Å². The fraction of sp³-hybridized carbons (Fsp3) is 0.250. The molecule has 0 atom stereocenters. The third-order valence-electron chi connectivity index (χ3n) is 5.79. The van der Waals surface area contributed by atoms with Crippen molar-refractivity contribution in [3.63, 3.8) is 0 Å². The molecule has 0 bridgehead atoms. The minimum Gasteiger partial charge on any atom is -0.325 e. The maximum absolute atomic E-state index is 14.0. The first-order chi connectivity index (χ1) is 19.2. The molecule has 2 aromatic carbocycles. The first-order valence-electron chi connectivity index (χ1n) is 12.9. The molecule has 41 heavy (non-hydrogen) atoms. The minimum absolute atomic E-state index is 0.124. The number of hydrogen-bond acceptors (Lipinski definition) is 4. The van der Waals surface area contributed by atoms with Gasteiger partial charge in [-0.1, -0.05) is 75.7 Å². The number of amides is 2. The summed E-state index contributed by atoms with van der Waals surface area (Å²) < 4.78 is 28.6. The van der Waals surface area contributed by atoms with Crippen molar-refractivity contribution < 1.29 is 18.4 Å². The normalized spacial score (nSPS) is 11.2. The summed E-state index contributed by atoms with van der Waals surface area (Å²) in [5.74, 6) is -1.10. The van der Waals surface area contributed by atoms with E-state index in [0.29, 0.717) is 22.5 Å². The minimum atomic E-state index is -0.535. The summed E-state index contributed by atoms with van der Waals surface area (Å²) in [6.07, 6.45) is 3.05. The molecule has 0 unspecified atom stereocenters. The van der Waals surface area contributed by atoms with Crippen LogP contribution >= 0.6 is 15.9 Å². The molecule has 0 saturated heterocycles. The molecule has 0 fully saturated rings. The summed E-state index contributed by atoms with van der Waals surface area (Å²) in [5, 5.41) is 5.67. The van der Waals surface area contributed by atoms with Gasteiger partial charge in [0.2, 0.25) is 11.8 Å². The van der Waals surface area contributed by atoms with Crippen LogP contribution in [0.2, 0.25) is 0 Å². The van der Waals surface area contributed by atoms with E-state index >= 15 is 0 Å². The van der Waals surface area contributed by atoms with Crippen LogP contribution in [0.25, 0.3) is 22.5 Å². The molecule has 2 heterocycles. The van der Waals surface area contributed by atoms with Gasteiger partial charge < -0.3 is 10.6 Å². The smallest absolute Gasteiger partial charge is 0.229 e. The average molecular weight is 624 g/mol. The highest BCUT2D eigenvalue weighted by molar-refractivity contribution is 9.10. The number of carbonyl (C=O) groups is 2. The van der Waals surface area contributed by atoms with E-state index in [4.69, 9.17) is 0 Å². The highest BCUT2D eigenvalue weighted by Crippen LogP contribution is 2.33. The van der Waals surface area contributed by atoms with Crippen LogP contribution < -0.4 is 10.6 Å². The lowest BCUT2D eigenvalue weighted by Gasteiger charge is -2.19. The number of nitrogens with zero attached hydrogens (tertiary/aromatic N) is 2. The Bertz CT molecular complexity index is 1550. The second-order valence-corrected chi connectivity index (χ2v) is 12.2. The molecule has 9 heteroatoms. The molecule has 214 valence electrons. The van der Waals surface area contributed by atoms with Gasteiger partial charge in [0.1, 0.15) is 23.0 Å². The second kappa shape index (κ2) is 13.1. The van der Waals surface area contributed by atoms with Gasteiger partial charge in [0, 0.05) is 38.8 Å². The molecule has 0 spiro atoms. The van der Waals surface area contributed by atoms with Gasteiger partial charge in [-0.2, -0.15) is 0 Å². The van der Waals surface area contributed by atoms with Crippen molar-refractivity contribution in [1.82, 2.24) is 9.97 Å². The van der Waals surface area contributed by atoms with Crippen molar-refractivity contribution in [2.75, 3.05) is 10.6 Å². The molecule has 0 aliphatic rings. The van der Waals surface area contributed by atoms with E-state index in [1.165, 1.54) is 36.7 Å². The lowest BCUT2D eigenvalue weighted by atomic mass is 9.95. The van der Waals surface area contributed by atoms with Crippen molar-refractivity contribution >= 4 is 39.1 Å². The van der Waals surface area contributed by atoms with Crippen LogP contribution in [0.4, 0.5) is 20.2 Å². The molecule has 4 rings (SSSR count). The Morgan fingerprint density at radius 1 is 0.659 bits per heavy atom. The molecule has 2 N–H and O–H groups in total. The number of halogens is 3. The van der Waals surface area contributed by atoms with Crippen LogP contribution in [0.15, 0.2) is 83.6 Å². The van der Waals surface area contributed by atoms with Crippen LogP contribution in [0.3, 0.4) is 0 Å². The maximum Gasteiger partial charge on any atom is 0.229 e. The quantitative estimate of drug-likeness (QED) is 0.239. The predicted octanol–water partition coefficient (Wildman–Crippen LogP) is 8.51. The number of para-hydroxylation sites is 1. The summed E-state index contributed by atoms with van der Waals surface area (Å²) in [4.78, 5) is 32.4. The monoisotopic (exact) mass is 622 g/mol. The zero-order valence-corrected chi connectivity index (χ0v) is 25.4. The summed E-state index contributed by atoms with van der Waals surface area (Å²) in [7, 11) is 0. The van der Waals surface area contributed by atoms with E-state index in [0.717, 1.165) is 4.47 Å². The van der Waals surface area contributed by atoms with Crippen molar-refractivity contribution in [1.29, 1.82) is 0 Å². The standard InChI is InChI=1S/C16H16BrFN2O.C16H17FN2O/c1-16(2,3)15(21)20-13-7-6-10(17)9-11(13)14-12(18)5-4-8-19-14;1-16(2,3)15(20)19-13-9-5-4-7-11(13)14-12(17)8-6-10-18-14/h4-9H,1-3H3,(H,20,21);4-10H,1-3H3,(H,19,20). The molecule has 2 aromatic heterocycles. The zero-order chi connectivity index (χ0) is 30.4. The van der Waals surface area contributed by atoms with Gasteiger partial charge >= 0.3 is 0 Å². The van der Waals surface area contributed by atoms with Crippen molar-refractivity contribution in [3.8, 4) is 22.5 Å². The van der Waals surface area contributed by atoms with Gasteiger partial charge in [0.05, 0.1) is 11.4 Å². The van der Waals surface area contributed by atoms with Gasteiger partial charge in [-0.05, 0) is 48.5 Å². The van der Waals surface area contributed by atoms with Crippen LogP contribution in [-0.2, 0) is 9.59 Å². The van der Waals surface area contributed by atoms with Gasteiger partial charge in [-0.3, -0.25) is 19.6 Å². The largest absolute Gasteiger partial charge is 0.325 e. The van der Waals surface area contributed by atoms with Crippen molar-refractivity contribution in [2.24, 2.45) is 10.8 Å². The third kappa shape index (κ3) is 8.50. The number of benzene rings is 2. The fourth-order valence-electron chi connectivity index (χ4n) is 3.41. The number of anilines is 2. The van der Waals surface area contributed by atoms with Crippen LogP contribution in [0.5, 0.6) is 0 Å². The average Bonchev–Trinajstić information content (AvgIpc) is 2.90. The lowest BCUT2D eigenvalue weighted by Crippen LogP contribution is -2.27. The topological polar surface area (TPSA) is 84.0 Å². The first kappa shape index (κ1) is 31.5. The Labute approximate surface area is 247 Å². The number of nitrogens with one attached hydrogen (secondary N) is 2. The fourth-order valence-corrected chi connectivity index (χ4v) is 3.77. The second-order valence-electron chi connectivity index (χ2n) is 11.3. The molecule has 4 aromatic rings. The number of hydrogen-bond donors (Lipinski definition) is 2. The van der Waals surface area contributed by atoms with E-state index in [1.807, 2.05) is 41.5 Å². The lowest BCUT2D eigenvalue weighted by molar-refractivity contribution is -0.123. The van der Waals surface area contributed by atoms with E-state index < -0.39 is 22.5 Å². The molecule has 0 aliphatic heterocycles. The Hall–Kier alpha value is -3.98. The Kier molecular flexibility index (Phi) is 10.1. The molecule has 0 radical (unpaired) electrons. The van der Waals surface area contributed by atoms with E-state index in [-0.39, 0.29) is 23.2 Å². The Balaban J connectivity index is 0.000000226. The summed E-state index contributed by atoms with van der Waals surface area (Å²) >= 11 is 3.36. The van der Waals surface area contributed by atoms with Crippen LogP contribution in [-0.4, -0.2) is 21.8 Å². The summed E-state index contributed by atoms with van der Waals surface area (Å²) in [5.41, 5.74) is 1.60. The highest BCUT2D eigenvalue weighted by atomic mass is 79.9. The maximum atomic E-state index is 14.0. The number of aromatic nitrogens is 2. The van der Waals surface area contributed by atoms with E-state index in [9.17, 15) is 18.4 Å². The van der Waals surface area contributed by atoms with Crippen molar-refractivity contribution in [3.05, 3.63) is 95.2 Å². The van der Waals surface area contributed by atoms with E-state index in [2.05, 4.69) is 36.5 Å². The molecule has 0 saturated carbocycles. The van der Waals surface area contributed by atoms with Crippen molar-refractivity contribution in [2.45, 2.75) is 41.5 Å². The third-order valence-corrected chi connectivity index (χ3v) is 6.29. The van der Waals surface area contributed by atoms with Gasteiger partial charge in [0.25, 0.3) is 0 Å². The highest BCUT2D eigenvalue weighted by Gasteiger charge is 2.24. The number of carbonyl (C=O) groups excluding carboxylic acids is 2. The molecule has 0 aliphatic carbocycles. The molecule has 2 amide bonds. The van der Waals surface area contributed by atoms with Gasteiger partial charge in [0.15, 0.2) is 0 Å². The molecular formula is C32H33BrF2N4O2. The summed E-state index contributed by atoms with van der Waals surface area (Å²) in [6.45, 7) is 10.9.